The number of carbonyl (C=O) groups excluding carboxylic acids is 2. The Bertz CT molecular complexity index is 759. The summed E-state index contributed by atoms with van der Waals surface area (Å²) in [4.78, 5) is 29.2. The SMILES string of the molecule is C[C@H]1CCN(C(=O)OCc2ccccc2)C[C@@H]2[C@@H]1OC(C)(C)N2C(=O)OC(C)(C)C. The Hall–Kier alpha value is -2.28. The highest BCUT2D eigenvalue weighted by molar-refractivity contribution is 5.71. The molecule has 0 aliphatic carbocycles. The van der Waals surface area contributed by atoms with Crippen molar-refractivity contribution in [1.82, 2.24) is 9.80 Å². The van der Waals surface area contributed by atoms with Crippen LogP contribution in [0.25, 0.3) is 0 Å². The Morgan fingerprint density at radius 2 is 1.83 bits per heavy atom. The molecule has 2 aliphatic heterocycles. The normalized spacial score (nSPS) is 26.0. The van der Waals surface area contributed by atoms with E-state index >= 15 is 0 Å². The Kier molecular flexibility index (Phi) is 6.32. The fourth-order valence-electron chi connectivity index (χ4n) is 4.18. The van der Waals surface area contributed by atoms with Crippen molar-refractivity contribution in [1.29, 1.82) is 0 Å². The first-order valence-corrected chi connectivity index (χ1v) is 10.6. The molecule has 3 atom stereocenters. The predicted molar refractivity (Wildman–Crippen MR) is 113 cm³/mol. The fraction of sp³-hybridized carbons (Fsp3) is 0.652. The van der Waals surface area contributed by atoms with Crippen LogP contribution < -0.4 is 0 Å². The van der Waals surface area contributed by atoms with Crippen molar-refractivity contribution in [3.05, 3.63) is 35.9 Å². The number of hydrogen-bond donors (Lipinski definition) is 0. The second-order valence-corrected chi connectivity index (χ2v) is 9.70. The Morgan fingerprint density at radius 3 is 2.47 bits per heavy atom. The van der Waals surface area contributed by atoms with Crippen LogP contribution in [0.1, 0.15) is 53.5 Å². The minimum atomic E-state index is -0.817. The van der Waals surface area contributed by atoms with E-state index in [4.69, 9.17) is 14.2 Å². The van der Waals surface area contributed by atoms with Crippen LogP contribution in [0.4, 0.5) is 9.59 Å². The first-order valence-electron chi connectivity index (χ1n) is 10.6. The summed E-state index contributed by atoms with van der Waals surface area (Å²) in [5.41, 5.74) is -0.494. The van der Waals surface area contributed by atoms with E-state index in [-0.39, 0.29) is 30.8 Å². The average Bonchev–Trinajstić information content (AvgIpc) is 2.83. The molecule has 0 spiro atoms. The minimum absolute atomic E-state index is 0.167. The zero-order valence-corrected chi connectivity index (χ0v) is 18.9. The molecule has 0 aromatic heterocycles. The molecule has 3 rings (SSSR count). The van der Waals surface area contributed by atoms with Crippen LogP contribution in [-0.4, -0.2) is 58.5 Å². The van der Waals surface area contributed by atoms with Gasteiger partial charge >= 0.3 is 12.2 Å². The monoisotopic (exact) mass is 418 g/mol. The molecule has 0 N–H and O–H groups in total. The predicted octanol–water partition coefficient (Wildman–Crippen LogP) is 4.41. The molecule has 7 nitrogen and oxygen atoms in total. The van der Waals surface area contributed by atoms with E-state index < -0.39 is 17.4 Å². The standard InChI is InChI=1S/C23H34N2O5/c1-16-12-13-24(20(26)28-15-17-10-8-7-9-11-17)14-18-19(16)29-23(5,6)25(18)21(27)30-22(2,3)4/h7-11,16,18-19H,12-15H2,1-6H3/t16-,18+,19+/m0/s1. The minimum Gasteiger partial charge on any atom is -0.445 e. The number of amides is 2. The molecule has 1 aromatic rings. The molecule has 0 unspecified atom stereocenters. The summed E-state index contributed by atoms with van der Waals surface area (Å²) in [7, 11) is 0. The van der Waals surface area contributed by atoms with E-state index in [0.29, 0.717) is 13.1 Å². The molecule has 7 heteroatoms. The Labute approximate surface area is 179 Å². The molecular weight excluding hydrogens is 384 g/mol. The molecule has 0 radical (unpaired) electrons. The first-order chi connectivity index (χ1) is 14.0. The van der Waals surface area contributed by atoms with Gasteiger partial charge in [0, 0.05) is 13.1 Å². The van der Waals surface area contributed by atoms with Gasteiger partial charge in [0.2, 0.25) is 0 Å². The van der Waals surface area contributed by atoms with Crippen LogP contribution in [0.3, 0.4) is 0 Å². The van der Waals surface area contributed by atoms with Gasteiger partial charge in [-0.2, -0.15) is 0 Å². The molecule has 2 heterocycles. The van der Waals surface area contributed by atoms with Crippen molar-refractivity contribution in [2.75, 3.05) is 13.1 Å². The molecule has 0 saturated carbocycles. The van der Waals surface area contributed by atoms with Crippen molar-refractivity contribution >= 4 is 12.2 Å². The number of rotatable bonds is 2. The third kappa shape index (κ3) is 5.06. The zero-order chi connectivity index (χ0) is 22.1. The summed E-state index contributed by atoms with van der Waals surface area (Å²) in [5, 5.41) is 0. The van der Waals surface area contributed by atoms with Gasteiger partial charge in [-0.1, -0.05) is 37.3 Å². The summed E-state index contributed by atoms with van der Waals surface area (Å²) in [6.07, 6.45) is -0.188. The van der Waals surface area contributed by atoms with Crippen molar-refractivity contribution in [3.63, 3.8) is 0 Å². The highest BCUT2D eigenvalue weighted by atomic mass is 16.6. The van der Waals surface area contributed by atoms with Crippen LogP contribution in [0.2, 0.25) is 0 Å². The van der Waals surface area contributed by atoms with E-state index in [9.17, 15) is 9.59 Å². The molecule has 2 saturated heterocycles. The summed E-state index contributed by atoms with van der Waals surface area (Å²) < 4.78 is 17.5. The summed E-state index contributed by atoms with van der Waals surface area (Å²) in [6, 6.07) is 9.30. The number of benzene rings is 1. The molecule has 166 valence electrons. The van der Waals surface area contributed by atoms with Gasteiger partial charge in [-0.05, 0) is 52.5 Å². The van der Waals surface area contributed by atoms with Crippen molar-refractivity contribution < 1.29 is 23.8 Å². The van der Waals surface area contributed by atoms with Gasteiger partial charge in [-0.3, -0.25) is 4.90 Å². The van der Waals surface area contributed by atoms with Crippen LogP contribution >= 0.6 is 0 Å². The molecular formula is C23H34N2O5. The van der Waals surface area contributed by atoms with Crippen LogP contribution in [0, 0.1) is 5.92 Å². The Balaban J connectivity index is 1.75. The molecule has 2 fully saturated rings. The van der Waals surface area contributed by atoms with Crippen molar-refractivity contribution in [2.24, 2.45) is 5.92 Å². The number of hydrogen-bond acceptors (Lipinski definition) is 5. The van der Waals surface area contributed by atoms with E-state index in [2.05, 4.69) is 6.92 Å². The highest BCUT2D eigenvalue weighted by Crippen LogP contribution is 2.39. The average molecular weight is 419 g/mol. The number of fused-ring (bicyclic) bond motifs is 1. The molecule has 1 aromatic carbocycles. The quantitative estimate of drug-likeness (QED) is 0.712. The molecule has 30 heavy (non-hydrogen) atoms. The molecule has 2 amide bonds. The zero-order valence-electron chi connectivity index (χ0n) is 18.9. The second kappa shape index (κ2) is 8.46. The number of likely N-dealkylation sites (tertiary alicyclic amines) is 1. The lowest BCUT2D eigenvalue weighted by Crippen LogP contribution is -2.54. The number of nitrogens with zero attached hydrogens (tertiary/aromatic N) is 2. The maximum Gasteiger partial charge on any atom is 0.412 e. The topological polar surface area (TPSA) is 68.3 Å². The van der Waals surface area contributed by atoms with E-state index in [1.54, 1.807) is 9.80 Å². The van der Waals surface area contributed by atoms with Gasteiger partial charge < -0.3 is 19.1 Å². The highest BCUT2D eigenvalue weighted by Gasteiger charge is 2.54. The van der Waals surface area contributed by atoms with E-state index in [0.717, 1.165) is 12.0 Å². The summed E-state index contributed by atoms with van der Waals surface area (Å²) in [6.45, 7) is 12.5. The number of carbonyl (C=O) groups is 2. The lowest BCUT2D eigenvalue weighted by Gasteiger charge is -2.36. The molecule has 0 bridgehead atoms. The Morgan fingerprint density at radius 1 is 1.17 bits per heavy atom. The largest absolute Gasteiger partial charge is 0.445 e. The van der Waals surface area contributed by atoms with E-state index in [1.807, 2.05) is 65.0 Å². The van der Waals surface area contributed by atoms with E-state index in [1.165, 1.54) is 0 Å². The van der Waals surface area contributed by atoms with Crippen LogP contribution in [0.15, 0.2) is 30.3 Å². The maximum absolute atomic E-state index is 13.0. The van der Waals surface area contributed by atoms with Crippen LogP contribution in [-0.2, 0) is 20.8 Å². The summed E-state index contributed by atoms with van der Waals surface area (Å²) in [5.74, 6) is 0.189. The van der Waals surface area contributed by atoms with Gasteiger partial charge in [-0.25, -0.2) is 9.59 Å². The maximum atomic E-state index is 13.0. The van der Waals surface area contributed by atoms with Crippen molar-refractivity contribution in [2.45, 2.75) is 78.0 Å². The third-order valence-corrected chi connectivity index (χ3v) is 5.59. The first kappa shape index (κ1) is 22.4. The smallest absolute Gasteiger partial charge is 0.412 e. The lowest BCUT2D eigenvalue weighted by molar-refractivity contribution is -0.0892. The molecule has 2 aliphatic rings. The lowest BCUT2D eigenvalue weighted by atomic mass is 9.96. The third-order valence-electron chi connectivity index (χ3n) is 5.59. The van der Waals surface area contributed by atoms with Crippen molar-refractivity contribution in [3.8, 4) is 0 Å². The summed E-state index contributed by atoms with van der Waals surface area (Å²) >= 11 is 0. The van der Waals surface area contributed by atoms with Gasteiger partial charge in [0.15, 0.2) is 0 Å². The fourth-order valence-corrected chi connectivity index (χ4v) is 4.18. The van der Waals surface area contributed by atoms with Gasteiger partial charge in [0.1, 0.15) is 17.9 Å². The van der Waals surface area contributed by atoms with Gasteiger partial charge in [0.05, 0.1) is 12.1 Å². The van der Waals surface area contributed by atoms with Gasteiger partial charge in [0.25, 0.3) is 0 Å². The number of ether oxygens (including phenoxy) is 3. The van der Waals surface area contributed by atoms with Crippen LogP contribution in [0.5, 0.6) is 0 Å². The van der Waals surface area contributed by atoms with Gasteiger partial charge in [-0.15, -0.1) is 0 Å². The second-order valence-electron chi connectivity index (χ2n) is 9.70.